The number of hydrogen-bond donors (Lipinski definition) is 0. The fourth-order valence-corrected chi connectivity index (χ4v) is 9.98. The molecule has 158 valence electrons. The fourth-order valence-electron chi connectivity index (χ4n) is 5.18. The van der Waals surface area contributed by atoms with Gasteiger partial charge in [-0.05, 0) is 51.3 Å². The van der Waals surface area contributed by atoms with Gasteiger partial charge in [0.05, 0.1) is 4.75 Å². The van der Waals surface area contributed by atoms with E-state index in [4.69, 9.17) is 0 Å². The Kier molecular flexibility index (Phi) is 4.44. The van der Waals surface area contributed by atoms with E-state index >= 15 is 0 Å². The summed E-state index contributed by atoms with van der Waals surface area (Å²) in [4.78, 5) is 17.6. The normalized spacial score (nSPS) is 17.2. The third-order valence-electron chi connectivity index (χ3n) is 6.92. The topological polar surface area (TPSA) is 23.6 Å². The van der Waals surface area contributed by atoms with E-state index in [0.717, 1.165) is 11.1 Å². The van der Waals surface area contributed by atoms with Crippen molar-refractivity contribution in [2.75, 3.05) is 38.0 Å². The second-order valence-corrected chi connectivity index (χ2v) is 15.0. The highest BCUT2D eigenvalue weighted by Gasteiger charge is 2.54. The molecule has 0 saturated carbocycles. The van der Waals surface area contributed by atoms with E-state index in [-0.39, 0.29) is 5.12 Å². The minimum absolute atomic E-state index is 0.169. The molecule has 0 N–H and O–H groups in total. The first-order valence-corrected chi connectivity index (χ1v) is 14.5. The Hall–Kier alpha value is -2.50. The molecular weight excluding hydrogens is 416 g/mol. The smallest absolute Gasteiger partial charge is 0.221 e. The standard InChI is InChI=1S/C26H28N2OSSi/c1-27(2)17-11-13-21-23(15-17)31(5,6)24-16-18(28(3)4)12-14-22(24)26(21)20-10-8-7-9-19(20)25(29)30-26/h7-16H,1-6H3. The van der Waals surface area contributed by atoms with E-state index < -0.39 is 12.8 Å². The Morgan fingerprint density at radius 3 is 1.77 bits per heavy atom. The molecule has 2 heterocycles. The minimum Gasteiger partial charge on any atom is -0.378 e. The minimum atomic E-state index is -2.00. The van der Waals surface area contributed by atoms with Gasteiger partial charge in [-0.1, -0.05) is 61.3 Å². The van der Waals surface area contributed by atoms with Gasteiger partial charge in [0.2, 0.25) is 5.12 Å². The predicted octanol–water partition coefficient (Wildman–Crippen LogP) is 4.13. The van der Waals surface area contributed by atoms with Gasteiger partial charge in [-0.15, -0.1) is 0 Å². The molecule has 0 aliphatic carbocycles. The van der Waals surface area contributed by atoms with E-state index in [9.17, 15) is 4.79 Å². The maximum absolute atomic E-state index is 13.2. The number of nitrogens with zero attached hydrogens (tertiary/aromatic N) is 2. The largest absolute Gasteiger partial charge is 0.378 e. The molecule has 5 rings (SSSR count). The molecule has 0 radical (unpaired) electrons. The van der Waals surface area contributed by atoms with Crippen LogP contribution in [0, 0.1) is 0 Å². The third kappa shape index (κ3) is 2.69. The molecule has 0 fully saturated rings. The summed E-state index contributed by atoms with van der Waals surface area (Å²) in [5.74, 6) is 0. The zero-order valence-electron chi connectivity index (χ0n) is 19.0. The van der Waals surface area contributed by atoms with Crippen LogP contribution in [0.25, 0.3) is 0 Å². The van der Waals surface area contributed by atoms with Crippen LogP contribution in [0.15, 0.2) is 60.7 Å². The van der Waals surface area contributed by atoms with Crippen molar-refractivity contribution >= 4 is 46.7 Å². The first kappa shape index (κ1) is 20.4. The number of thioether (sulfide) groups is 1. The van der Waals surface area contributed by atoms with Gasteiger partial charge in [-0.25, -0.2) is 0 Å². The molecule has 0 aromatic heterocycles. The van der Waals surface area contributed by atoms with Gasteiger partial charge in [0.25, 0.3) is 0 Å². The van der Waals surface area contributed by atoms with Crippen LogP contribution < -0.4 is 20.2 Å². The summed E-state index contributed by atoms with van der Waals surface area (Å²) in [5.41, 5.74) is 6.99. The zero-order chi connectivity index (χ0) is 22.1. The molecule has 0 bridgehead atoms. The van der Waals surface area contributed by atoms with Gasteiger partial charge >= 0.3 is 0 Å². The lowest BCUT2D eigenvalue weighted by Crippen LogP contribution is -2.62. The Morgan fingerprint density at radius 1 is 0.742 bits per heavy atom. The van der Waals surface area contributed by atoms with Crippen molar-refractivity contribution in [3.05, 3.63) is 82.9 Å². The number of rotatable bonds is 2. The van der Waals surface area contributed by atoms with Gasteiger partial charge in [0.1, 0.15) is 8.07 Å². The summed E-state index contributed by atoms with van der Waals surface area (Å²) in [6.07, 6.45) is 0. The number of anilines is 2. The van der Waals surface area contributed by atoms with Crippen LogP contribution in [-0.4, -0.2) is 41.4 Å². The highest BCUT2D eigenvalue weighted by Crippen LogP contribution is 2.56. The molecule has 5 heteroatoms. The summed E-state index contributed by atoms with van der Waals surface area (Å²) >= 11 is 1.49. The van der Waals surface area contributed by atoms with Crippen molar-refractivity contribution in [1.82, 2.24) is 0 Å². The molecule has 0 saturated heterocycles. The van der Waals surface area contributed by atoms with Crippen LogP contribution in [0.3, 0.4) is 0 Å². The number of hydrogen-bond acceptors (Lipinski definition) is 4. The van der Waals surface area contributed by atoms with Crippen molar-refractivity contribution in [3.63, 3.8) is 0 Å². The summed E-state index contributed by atoms with van der Waals surface area (Å²) in [6, 6.07) is 21.9. The first-order chi connectivity index (χ1) is 14.7. The van der Waals surface area contributed by atoms with Crippen LogP contribution in [0.4, 0.5) is 11.4 Å². The van der Waals surface area contributed by atoms with Gasteiger partial charge in [0, 0.05) is 45.1 Å². The predicted molar refractivity (Wildman–Crippen MR) is 137 cm³/mol. The first-order valence-electron chi connectivity index (χ1n) is 10.7. The number of benzene rings is 3. The lowest BCUT2D eigenvalue weighted by molar-refractivity contribution is 0.109. The van der Waals surface area contributed by atoms with E-state index in [1.54, 1.807) is 0 Å². The van der Waals surface area contributed by atoms with Gasteiger partial charge in [-0.2, -0.15) is 0 Å². The van der Waals surface area contributed by atoms with Gasteiger partial charge in [-0.3, -0.25) is 4.79 Å². The summed E-state index contributed by atoms with van der Waals surface area (Å²) in [5, 5.41) is 3.03. The average molecular weight is 445 g/mol. The van der Waals surface area contributed by atoms with E-state index in [2.05, 4.69) is 99.6 Å². The Balaban J connectivity index is 1.92. The molecule has 3 aromatic carbocycles. The van der Waals surface area contributed by atoms with E-state index in [1.807, 2.05) is 12.1 Å². The molecule has 1 spiro atoms. The molecular formula is C26H28N2OSSi. The van der Waals surface area contributed by atoms with Gasteiger partial charge in [0.15, 0.2) is 0 Å². The summed E-state index contributed by atoms with van der Waals surface area (Å²) in [6.45, 7) is 4.90. The average Bonchev–Trinajstić information content (AvgIpc) is 3.05. The molecule has 0 atom stereocenters. The third-order valence-corrected chi connectivity index (χ3v) is 11.8. The van der Waals surface area contributed by atoms with Crippen LogP contribution >= 0.6 is 11.8 Å². The quantitative estimate of drug-likeness (QED) is 0.555. The molecule has 2 aliphatic heterocycles. The molecule has 0 amide bonds. The number of carbonyl (C=O) groups is 1. The van der Waals surface area contributed by atoms with Crippen molar-refractivity contribution in [2.45, 2.75) is 17.8 Å². The van der Waals surface area contributed by atoms with E-state index in [0.29, 0.717) is 0 Å². The zero-order valence-corrected chi connectivity index (χ0v) is 20.8. The summed E-state index contributed by atoms with van der Waals surface area (Å²) in [7, 11) is 6.37. The van der Waals surface area contributed by atoms with Crippen LogP contribution in [0.1, 0.15) is 27.0 Å². The highest BCUT2D eigenvalue weighted by molar-refractivity contribution is 8.15. The monoisotopic (exact) mass is 444 g/mol. The fraction of sp³-hybridized carbons (Fsp3) is 0.269. The molecule has 3 aromatic rings. The molecule has 31 heavy (non-hydrogen) atoms. The SMILES string of the molecule is CN(C)c1ccc2c(c1)[Si](C)(C)c1cc(N(C)C)ccc1C21SC(=O)c2ccccc21. The number of carbonyl (C=O) groups excluding carboxylic acids is 1. The lowest BCUT2D eigenvalue weighted by atomic mass is 9.81. The Morgan fingerprint density at radius 2 is 1.26 bits per heavy atom. The Labute approximate surface area is 190 Å². The van der Waals surface area contributed by atoms with Crippen LogP contribution in [0.2, 0.25) is 13.1 Å². The Bertz CT molecular complexity index is 1170. The van der Waals surface area contributed by atoms with Gasteiger partial charge < -0.3 is 9.80 Å². The second-order valence-electron chi connectivity index (χ2n) is 9.49. The van der Waals surface area contributed by atoms with Crippen molar-refractivity contribution < 1.29 is 4.79 Å². The molecule has 3 nitrogen and oxygen atoms in total. The van der Waals surface area contributed by atoms with Crippen molar-refractivity contribution in [2.24, 2.45) is 0 Å². The highest BCUT2D eigenvalue weighted by atomic mass is 32.2. The van der Waals surface area contributed by atoms with Crippen LogP contribution in [0.5, 0.6) is 0 Å². The second kappa shape index (κ2) is 6.75. The van der Waals surface area contributed by atoms with Crippen molar-refractivity contribution in [3.8, 4) is 0 Å². The maximum atomic E-state index is 13.2. The van der Waals surface area contributed by atoms with Crippen molar-refractivity contribution in [1.29, 1.82) is 0 Å². The van der Waals surface area contributed by atoms with E-state index in [1.165, 1.54) is 44.6 Å². The number of fused-ring (bicyclic) bond motifs is 6. The molecule has 2 aliphatic rings. The van der Waals surface area contributed by atoms with Crippen LogP contribution in [-0.2, 0) is 4.75 Å². The lowest BCUT2D eigenvalue weighted by Gasteiger charge is -2.44. The molecule has 0 unspecified atom stereocenters. The maximum Gasteiger partial charge on any atom is 0.221 e. The summed E-state index contributed by atoms with van der Waals surface area (Å²) < 4.78 is -0.476.